The van der Waals surface area contributed by atoms with Crippen molar-refractivity contribution in [1.82, 2.24) is 0 Å². The molecule has 0 aromatic heterocycles. The van der Waals surface area contributed by atoms with E-state index in [9.17, 15) is 4.79 Å². The molecule has 0 unspecified atom stereocenters. The van der Waals surface area contributed by atoms with Crippen LogP contribution in [0.2, 0.25) is 0 Å². The smallest absolute Gasteiger partial charge is 0.227 e. The molecule has 3 nitrogen and oxygen atoms in total. The van der Waals surface area contributed by atoms with Crippen molar-refractivity contribution >= 4 is 11.6 Å². The Morgan fingerprint density at radius 3 is 2.73 bits per heavy atom. The normalized spacial score (nSPS) is 15.9. The number of methoxy groups -OCH3 is 1. The molecule has 0 N–H and O–H groups in total. The lowest BCUT2D eigenvalue weighted by atomic mass is 10.2. The zero-order valence-electron chi connectivity index (χ0n) is 9.12. The van der Waals surface area contributed by atoms with E-state index < -0.39 is 0 Å². The summed E-state index contributed by atoms with van der Waals surface area (Å²) in [7, 11) is 1.66. The van der Waals surface area contributed by atoms with Crippen molar-refractivity contribution in [3.63, 3.8) is 0 Å². The second-order valence-corrected chi connectivity index (χ2v) is 3.80. The monoisotopic (exact) mass is 205 g/mol. The molecule has 1 aromatic rings. The van der Waals surface area contributed by atoms with Gasteiger partial charge >= 0.3 is 0 Å². The first-order valence-corrected chi connectivity index (χ1v) is 5.17. The van der Waals surface area contributed by atoms with Gasteiger partial charge in [0.1, 0.15) is 5.75 Å². The van der Waals surface area contributed by atoms with Crippen LogP contribution < -0.4 is 9.64 Å². The van der Waals surface area contributed by atoms with Gasteiger partial charge in [0.15, 0.2) is 0 Å². The second kappa shape index (κ2) is 3.93. The van der Waals surface area contributed by atoms with Gasteiger partial charge in [-0.15, -0.1) is 0 Å². The van der Waals surface area contributed by atoms with Gasteiger partial charge in [0.05, 0.1) is 7.11 Å². The molecule has 15 heavy (non-hydrogen) atoms. The van der Waals surface area contributed by atoms with Gasteiger partial charge in [0.2, 0.25) is 5.91 Å². The van der Waals surface area contributed by atoms with Crippen LogP contribution in [-0.4, -0.2) is 19.6 Å². The maximum atomic E-state index is 11.5. The number of aryl methyl sites for hydroxylation is 1. The second-order valence-electron chi connectivity index (χ2n) is 3.80. The van der Waals surface area contributed by atoms with E-state index in [4.69, 9.17) is 4.74 Å². The van der Waals surface area contributed by atoms with E-state index in [2.05, 4.69) is 0 Å². The average Bonchev–Trinajstić information content (AvgIpc) is 2.64. The van der Waals surface area contributed by atoms with E-state index in [1.165, 1.54) is 0 Å². The van der Waals surface area contributed by atoms with E-state index in [1.54, 1.807) is 7.11 Å². The molecular weight excluding hydrogens is 190 g/mol. The molecule has 0 spiro atoms. The van der Waals surface area contributed by atoms with Crippen molar-refractivity contribution in [3.05, 3.63) is 23.8 Å². The van der Waals surface area contributed by atoms with Gasteiger partial charge < -0.3 is 9.64 Å². The fourth-order valence-electron chi connectivity index (χ4n) is 1.95. The van der Waals surface area contributed by atoms with Gasteiger partial charge in [-0.2, -0.15) is 0 Å². The molecule has 0 atom stereocenters. The summed E-state index contributed by atoms with van der Waals surface area (Å²) in [6.45, 7) is 2.83. The topological polar surface area (TPSA) is 29.5 Å². The molecule has 1 aromatic carbocycles. The van der Waals surface area contributed by atoms with Crippen molar-refractivity contribution < 1.29 is 9.53 Å². The summed E-state index contributed by atoms with van der Waals surface area (Å²) in [5.41, 5.74) is 2.05. The van der Waals surface area contributed by atoms with Crippen molar-refractivity contribution in [2.75, 3.05) is 18.6 Å². The molecule has 1 aliphatic heterocycles. The Morgan fingerprint density at radius 2 is 2.20 bits per heavy atom. The third-order valence-corrected chi connectivity index (χ3v) is 2.76. The molecule has 1 heterocycles. The number of rotatable bonds is 2. The number of amides is 1. The highest BCUT2D eigenvalue weighted by molar-refractivity contribution is 5.95. The van der Waals surface area contributed by atoms with E-state index in [1.807, 2.05) is 30.0 Å². The molecule has 0 saturated carbocycles. The van der Waals surface area contributed by atoms with Crippen LogP contribution in [0.15, 0.2) is 18.2 Å². The summed E-state index contributed by atoms with van der Waals surface area (Å²) in [4.78, 5) is 13.4. The Hall–Kier alpha value is -1.51. The van der Waals surface area contributed by atoms with E-state index >= 15 is 0 Å². The quantitative estimate of drug-likeness (QED) is 0.740. The summed E-state index contributed by atoms with van der Waals surface area (Å²) in [6.07, 6.45) is 1.63. The van der Waals surface area contributed by atoms with Gasteiger partial charge in [-0.1, -0.05) is 0 Å². The zero-order valence-corrected chi connectivity index (χ0v) is 9.12. The Morgan fingerprint density at radius 1 is 1.40 bits per heavy atom. The molecule has 2 rings (SSSR count). The van der Waals surface area contributed by atoms with Crippen LogP contribution in [0, 0.1) is 6.92 Å². The van der Waals surface area contributed by atoms with Gasteiger partial charge in [-0.05, 0) is 37.1 Å². The number of nitrogens with zero attached hydrogens (tertiary/aromatic N) is 1. The zero-order chi connectivity index (χ0) is 10.8. The van der Waals surface area contributed by atoms with Crippen molar-refractivity contribution in [3.8, 4) is 5.75 Å². The van der Waals surface area contributed by atoms with Crippen LogP contribution in [-0.2, 0) is 4.79 Å². The molecule has 0 aliphatic carbocycles. The minimum atomic E-state index is 0.222. The first-order valence-electron chi connectivity index (χ1n) is 5.17. The summed E-state index contributed by atoms with van der Waals surface area (Å²) < 4.78 is 5.19. The summed E-state index contributed by atoms with van der Waals surface area (Å²) in [6, 6.07) is 5.85. The molecule has 0 bridgehead atoms. The first-order chi connectivity index (χ1) is 7.22. The van der Waals surface area contributed by atoms with Crippen molar-refractivity contribution in [1.29, 1.82) is 0 Å². The lowest BCUT2D eigenvalue weighted by Gasteiger charge is -2.17. The Labute approximate surface area is 89.7 Å². The lowest BCUT2D eigenvalue weighted by molar-refractivity contribution is -0.117. The van der Waals surface area contributed by atoms with Crippen LogP contribution in [0.5, 0.6) is 5.75 Å². The number of carbonyl (C=O) groups excluding carboxylic acids is 1. The summed E-state index contributed by atoms with van der Waals surface area (Å²) >= 11 is 0. The standard InChI is InChI=1S/C12H15NO2/c1-9-8-10(5-6-11(9)15-2)13-7-3-4-12(13)14/h5-6,8H,3-4,7H2,1-2H3. The van der Waals surface area contributed by atoms with Crippen LogP contribution in [0.3, 0.4) is 0 Å². The average molecular weight is 205 g/mol. The van der Waals surface area contributed by atoms with Crippen LogP contribution >= 0.6 is 0 Å². The molecular formula is C12H15NO2. The predicted octanol–water partition coefficient (Wildman–Crippen LogP) is 2.13. The molecule has 0 radical (unpaired) electrons. The highest BCUT2D eigenvalue weighted by Crippen LogP contribution is 2.26. The number of anilines is 1. The highest BCUT2D eigenvalue weighted by atomic mass is 16.5. The SMILES string of the molecule is COc1ccc(N2CCCC2=O)cc1C. The number of hydrogen-bond acceptors (Lipinski definition) is 2. The number of ether oxygens (including phenoxy) is 1. The van der Waals surface area contributed by atoms with E-state index in [-0.39, 0.29) is 5.91 Å². The first kappa shape index (κ1) is 10.0. The molecule has 1 saturated heterocycles. The third kappa shape index (κ3) is 1.82. The largest absolute Gasteiger partial charge is 0.496 e. The summed E-state index contributed by atoms with van der Waals surface area (Å²) in [5.74, 6) is 1.09. The molecule has 1 amide bonds. The Balaban J connectivity index is 2.29. The van der Waals surface area contributed by atoms with Crippen LogP contribution in [0.1, 0.15) is 18.4 Å². The fraction of sp³-hybridized carbons (Fsp3) is 0.417. The van der Waals surface area contributed by atoms with Crippen LogP contribution in [0.4, 0.5) is 5.69 Å². The van der Waals surface area contributed by atoms with Gasteiger partial charge in [-0.3, -0.25) is 4.79 Å². The lowest BCUT2D eigenvalue weighted by Crippen LogP contribution is -2.23. The summed E-state index contributed by atoms with van der Waals surface area (Å²) in [5, 5.41) is 0. The maximum Gasteiger partial charge on any atom is 0.227 e. The van der Waals surface area contributed by atoms with Gasteiger partial charge in [-0.25, -0.2) is 0 Å². The minimum absolute atomic E-state index is 0.222. The Bertz CT molecular complexity index is 387. The minimum Gasteiger partial charge on any atom is -0.496 e. The molecule has 3 heteroatoms. The van der Waals surface area contributed by atoms with Crippen LogP contribution in [0.25, 0.3) is 0 Å². The highest BCUT2D eigenvalue weighted by Gasteiger charge is 2.21. The third-order valence-electron chi connectivity index (χ3n) is 2.76. The molecule has 80 valence electrons. The van der Waals surface area contributed by atoms with E-state index in [0.29, 0.717) is 6.42 Å². The van der Waals surface area contributed by atoms with Crippen molar-refractivity contribution in [2.24, 2.45) is 0 Å². The molecule has 1 fully saturated rings. The van der Waals surface area contributed by atoms with E-state index in [0.717, 1.165) is 30.0 Å². The van der Waals surface area contributed by atoms with Crippen molar-refractivity contribution in [2.45, 2.75) is 19.8 Å². The Kier molecular flexibility index (Phi) is 2.62. The number of hydrogen-bond donors (Lipinski definition) is 0. The van der Waals surface area contributed by atoms with Gasteiger partial charge in [0, 0.05) is 18.7 Å². The maximum absolute atomic E-state index is 11.5. The predicted molar refractivity (Wildman–Crippen MR) is 59.3 cm³/mol. The number of benzene rings is 1. The van der Waals surface area contributed by atoms with Gasteiger partial charge in [0.25, 0.3) is 0 Å². The molecule has 1 aliphatic rings. The number of carbonyl (C=O) groups is 1. The fourth-order valence-corrected chi connectivity index (χ4v) is 1.95.